The molecule has 0 atom stereocenters. The molecule has 0 saturated heterocycles. The van der Waals surface area contributed by atoms with Crippen LogP contribution in [0.4, 0.5) is 0 Å². The summed E-state index contributed by atoms with van der Waals surface area (Å²) >= 11 is 0. The van der Waals surface area contributed by atoms with Gasteiger partial charge in [0.25, 0.3) is 0 Å². The molecule has 1 aliphatic carbocycles. The first-order valence-corrected chi connectivity index (χ1v) is 7.27. The highest BCUT2D eigenvalue weighted by molar-refractivity contribution is 5.27. The minimum absolute atomic E-state index is 0.424. The van der Waals surface area contributed by atoms with Crippen LogP contribution in [0.15, 0.2) is 24.3 Å². The number of nitrogens with two attached hydrogens (primary N) is 1. The topological polar surface area (TPSA) is 35.2 Å². The lowest BCUT2D eigenvalue weighted by atomic mass is 9.86. The summed E-state index contributed by atoms with van der Waals surface area (Å²) in [6.45, 7) is 3.00. The van der Waals surface area contributed by atoms with Gasteiger partial charge in [-0.25, -0.2) is 0 Å². The fourth-order valence-electron chi connectivity index (χ4n) is 2.75. The van der Waals surface area contributed by atoms with Crippen molar-refractivity contribution in [2.45, 2.75) is 51.6 Å². The zero-order chi connectivity index (χ0) is 12.8. The number of hydrogen-bond donors (Lipinski definition) is 1. The molecule has 1 aromatic rings. The van der Waals surface area contributed by atoms with Gasteiger partial charge in [0.15, 0.2) is 0 Å². The predicted octanol–water partition coefficient (Wildman–Crippen LogP) is 3.54. The van der Waals surface area contributed by atoms with E-state index >= 15 is 0 Å². The Labute approximate surface area is 111 Å². The Morgan fingerprint density at radius 1 is 1.11 bits per heavy atom. The van der Waals surface area contributed by atoms with Gasteiger partial charge in [0.2, 0.25) is 0 Å². The minimum Gasteiger partial charge on any atom is -0.490 e. The number of ether oxygens (including phenoxy) is 1. The van der Waals surface area contributed by atoms with E-state index in [9.17, 15) is 0 Å². The van der Waals surface area contributed by atoms with Crippen LogP contribution in [0.3, 0.4) is 0 Å². The molecule has 0 radical (unpaired) electrons. The van der Waals surface area contributed by atoms with Gasteiger partial charge in [0.1, 0.15) is 5.75 Å². The monoisotopic (exact) mass is 247 g/mol. The van der Waals surface area contributed by atoms with Gasteiger partial charge < -0.3 is 10.5 Å². The van der Waals surface area contributed by atoms with Crippen molar-refractivity contribution >= 4 is 0 Å². The fourth-order valence-corrected chi connectivity index (χ4v) is 2.75. The number of benzene rings is 1. The first-order chi connectivity index (χ1) is 8.81. The molecule has 0 spiro atoms. The minimum atomic E-state index is 0.424. The highest BCUT2D eigenvalue weighted by Gasteiger charge is 2.20. The Morgan fingerprint density at radius 2 is 1.78 bits per heavy atom. The number of hydrogen-bond acceptors (Lipinski definition) is 2. The molecule has 1 fully saturated rings. The summed E-state index contributed by atoms with van der Waals surface area (Å²) in [4.78, 5) is 0. The molecular weight excluding hydrogens is 222 g/mol. The standard InChI is InChI=1S/C16H25NO/c1-2-13-3-7-15(8-4-13)18-16-9-5-14(6-10-16)11-12-17/h5-6,9-10,13,15H,2-4,7-8,11-12,17H2,1H3. The zero-order valence-corrected chi connectivity index (χ0v) is 11.4. The third kappa shape index (κ3) is 3.74. The molecule has 18 heavy (non-hydrogen) atoms. The van der Waals surface area contributed by atoms with Gasteiger partial charge >= 0.3 is 0 Å². The fraction of sp³-hybridized carbons (Fsp3) is 0.625. The highest BCUT2D eigenvalue weighted by Crippen LogP contribution is 2.29. The Morgan fingerprint density at radius 3 is 2.33 bits per heavy atom. The van der Waals surface area contributed by atoms with Crippen LogP contribution in [0.2, 0.25) is 0 Å². The molecule has 0 bridgehead atoms. The molecule has 2 heteroatoms. The Kier molecular flexibility index (Phi) is 5.06. The molecule has 100 valence electrons. The van der Waals surface area contributed by atoms with Gasteiger partial charge in [-0.2, -0.15) is 0 Å². The summed E-state index contributed by atoms with van der Waals surface area (Å²) < 4.78 is 6.05. The SMILES string of the molecule is CCC1CCC(Oc2ccc(CCN)cc2)CC1. The molecular formula is C16H25NO. The Bertz CT molecular complexity index is 339. The van der Waals surface area contributed by atoms with Crippen molar-refractivity contribution in [2.24, 2.45) is 11.7 Å². The second kappa shape index (κ2) is 6.79. The van der Waals surface area contributed by atoms with Crippen molar-refractivity contribution in [3.63, 3.8) is 0 Å². The first kappa shape index (κ1) is 13.4. The molecule has 0 aromatic heterocycles. The average Bonchev–Trinajstić information content (AvgIpc) is 2.42. The molecule has 2 rings (SSSR count). The summed E-state index contributed by atoms with van der Waals surface area (Å²) in [5.41, 5.74) is 6.83. The lowest BCUT2D eigenvalue weighted by Crippen LogP contribution is -2.23. The van der Waals surface area contributed by atoms with Crippen molar-refractivity contribution in [1.29, 1.82) is 0 Å². The van der Waals surface area contributed by atoms with Crippen molar-refractivity contribution in [3.05, 3.63) is 29.8 Å². The van der Waals surface area contributed by atoms with Crippen LogP contribution >= 0.6 is 0 Å². The van der Waals surface area contributed by atoms with Gasteiger partial charge in [0.05, 0.1) is 6.10 Å². The maximum atomic E-state index is 6.05. The Hall–Kier alpha value is -1.02. The maximum absolute atomic E-state index is 6.05. The van der Waals surface area contributed by atoms with Crippen molar-refractivity contribution in [1.82, 2.24) is 0 Å². The molecule has 1 saturated carbocycles. The largest absolute Gasteiger partial charge is 0.490 e. The van der Waals surface area contributed by atoms with Crippen LogP contribution in [0, 0.1) is 5.92 Å². The van der Waals surface area contributed by atoms with E-state index in [1.54, 1.807) is 0 Å². The zero-order valence-electron chi connectivity index (χ0n) is 11.4. The molecule has 0 heterocycles. The third-order valence-corrected chi connectivity index (χ3v) is 4.03. The van der Waals surface area contributed by atoms with Crippen LogP contribution < -0.4 is 10.5 Å². The summed E-state index contributed by atoms with van der Waals surface area (Å²) in [6.07, 6.45) is 7.76. The molecule has 0 amide bonds. The summed E-state index contributed by atoms with van der Waals surface area (Å²) in [6, 6.07) is 8.41. The van der Waals surface area contributed by atoms with Gasteiger partial charge in [0, 0.05) is 0 Å². The van der Waals surface area contributed by atoms with Gasteiger partial charge in [-0.3, -0.25) is 0 Å². The van der Waals surface area contributed by atoms with E-state index in [-0.39, 0.29) is 0 Å². The first-order valence-electron chi connectivity index (χ1n) is 7.27. The van der Waals surface area contributed by atoms with Crippen LogP contribution in [-0.4, -0.2) is 12.6 Å². The Balaban J connectivity index is 1.82. The third-order valence-electron chi connectivity index (χ3n) is 4.03. The second-order valence-corrected chi connectivity index (χ2v) is 5.35. The lowest BCUT2D eigenvalue weighted by molar-refractivity contribution is 0.130. The maximum Gasteiger partial charge on any atom is 0.119 e. The average molecular weight is 247 g/mol. The molecule has 0 aliphatic heterocycles. The van der Waals surface area contributed by atoms with E-state index in [0.29, 0.717) is 12.6 Å². The summed E-state index contributed by atoms with van der Waals surface area (Å²) in [5.74, 6) is 1.94. The van der Waals surface area contributed by atoms with Crippen LogP contribution in [0.5, 0.6) is 5.75 Å². The van der Waals surface area contributed by atoms with Gasteiger partial charge in [-0.05, 0) is 62.3 Å². The van der Waals surface area contributed by atoms with E-state index in [4.69, 9.17) is 10.5 Å². The van der Waals surface area contributed by atoms with Crippen molar-refractivity contribution in [3.8, 4) is 5.75 Å². The van der Waals surface area contributed by atoms with Crippen molar-refractivity contribution < 1.29 is 4.74 Å². The molecule has 1 aromatic carbocycles. The van der Waals surface area contributed by atoms with E-state index in [1.807, 2.05) is 0 Å². The number of rotatable bonds is 5. The normalized spacial score (nSPS) is 23.9. The van der Waals surface area contributed by atoms with E-state index < -0.39 is 0 Å². The predicted molar refractivity (Wildman–Crippen MR) is 75.9 cm³/mol. The molecule has 2 nitrogen and oxygen atoms in total. The van der Waals surface area contributed by atoms with E-state index in [0.717, 1.165) is 18.1 Å². The van der Waals surface area contributed by atoms with Gasteiger partial charge in [-0.15, -0.1) is 0 Å². The quantitative estimate of drug-likeness (QED) is 0.863. The van der Waals surface area contributed by atoms with E-state index in [1.165, 1.54) is 37.7 Å². The van der Waals surface area contributed by atoms with Gasteiger partial charge in [-0.1, -0.05) is 25.5 Å². The summed E-state index contributed by atoms with van der Waals surface area (Å²) in [5, 5.41) is 0. The lowest BCUT2D eigenvalue weighted by Gasteiger charge is -2.28. The smallest absolute Gasteiger partial charge is 0.119 e. The van der Waals surface area contributed by atoms with Crippen LogP contribution in [-0.2, 0) is 6.42 Å². The molecule has 2 N–H and O–H groups in total. The highest BCUT2D eigenvalue weighted by atomic mass is 16.5. The molecule has 0 unspecified atom stereocenters. The second-order valence-electron chi connectivity index (χ2n) is 5.35. The van der Waals surface area contributed by atoms with Crippen LogP contribution in [0.25, 0.3) is 0 Å². The summed E-state index contributed by atoms with van der Waals surface area (Å²) in [7, 11) is 0. The van der Waals surface area contributed by atoms with E-state index in [2.05, 4.69) is 31.2 Å². The van der Waals surface area contributed by atoms with Crippen molar-refractivity contribution in [2.75, 3.05) is 6.54 Å². The van der Waals surface area contributed by atoms with Crippen LogP contribution in [0.1, 0.15) is 44.6 Å². The molecule has 1 aliphatic rings.